The maximum atomic E-state index is 15.1. The molecular formula is C58H57N13O17S5. The fourth-order valence-corrected chi connectivity index (χ4v) is 15.7. The lowest BCUT2D eigenvalue weighted by Crippen LogP contribution is -2.62. The number of allylic oxidation sites excluding steroid dienone is 1. The van der Waals surface area contributed by atoms with E-state index in [1.165, 1.54) is 54.6 Å². The molecule has 0 radical (unpaired) electrons. The molecule has 10 atom stereocenters. The van der Waals surface area contributed by atoms with E-state index in [1.54, 1.807) is 50.4 Å². The molecule has 4 aliphatic rings. The third-order valence-corrected chi connectivity index (χ3v) is 20.2. The fraction of sp³-hybridized carbons (Fsp3) is 0.362. The SMILES string of the molecule is COC(C)=C1NC(=O)[C@H]([C@@H](C)O)NC(=O)c2csc(n2)-c2cc(O)c(-c3nc(C(N)=O)cs3)nc2-c2csc(n2)[C@@H]2COC(=O)c3c4c5c(cccc5n3O)COC(=O)[C@@H](O[C@H]3C[C@](C)(O)[C@H](N(C)C)[C@H](C)O3)[C@@H](OC4)[C@H](NC(=O)c3csc1n3)c1nc(cs1)C(=O)N2. The maximum Gasteiger partial charge on any atom is 0.358 e. The van der Waals surface area contributed by atoms with E-state index in [-0.39, 0.29) is 105 Å². The summed E-state index contributed by atoms with van der Waals surface area (Å²) in [5.41, 5.74) is 3.15. The van der Waals surface area contributed by atoms with Gasteiger partial charge < -0.3 is 80.8 Å². The van der Waals surface area contributed by atoms with Crippen LogP contribution in [0.4, 0.5) is 0 Å². The predicted octanol–water partition coefficient (Wildman–Crippen LogP) is 4.26. The van der Waals surface area contributed by atoms with Crippen molar-refractivity contribution < 1.29 is 82.5 Å². The van der Waals surface area contributed by atoms with Crippen LogP contribution in [-0.2, 0) is 51.2 Å². The minimum absolute atomic E-state index is 0.00497. The van der Waals surface area contributed by atoms with Gasteiger partial charge in [0.1, 0.15) is 120 Å². The Morgan fingerprint density at radius 2 is 1.51 bits per heavy atom. The summed E-state index contributed by atoms with van der Waals surface area (Å²) in [7, 11) is 4.86. The van der Waals surface area contributed by atoms with E-state index >= 15 is 9.59 Å². The average Bonchev–Trinajstić information content (AvgIpc) is 1.63. The number of amides is 5. The molecule has 30 nitrogen and oxygen atoms in total. The van der Waals surface area contributed by atoms with E-state index in [9.17, 15) is 44.5 Å². The number of cyclic esters (lactones) is 2. The molecule has 35 heteroatoms. The summed E-state index contributed by atoms with van der Waals surface area (Å²) in [6.45, 7) is 4.33. The molecule has 0 spiro atoms. The molecule has 0 aliphatic carbocycles. The summed E-state index contributed by atoms with van der Waals surface area (Å²) in [4.78, 5) is 130. The van der Waals surface area contributed by atoms with Gasteiger partial charge >= 0.3 is 11.9 Å². The third kappa shape index (κ3) is 12.4. The van der Waals surface area contributed by atoms with Crippen LogP contribution in [0.3, 0.4) is 0 Å². The summed E-state index contributed by atoms with van der Waals surface area (Å²) in [6, 6.07) is 0.794. The highest BCUT2D eigenvalue weighted by Crippen LogP contribution is 2.43. The van der Waals surface area contributed by atoms with Crippen LogP contribution in [0.5, 0.6) is 5.75 Å². The van der Waals surface area contributed by atoms with E-state index in [1.807, 2.05) is 0 Å². The van der Waals surface area contributed by atoms with Gasteiger partial charge in [0.2, 0.25) is 5.91 Å². The number of carbonyl (C=O) groups excluding carboxylic acids is 7. The first-order valence-electron chi connectivity index (χ1n) is 28.4. The quantitative estimate of drug-likeness (QED) is 0.0611. The highest BCUT2D eigenvalue weighted by Gasteiger charge is 2.50. The number of aromatic nitrogens is 7. The number of primary amides is 1. The number of pyridine rings is 1. The van der Waals surface area contributed by atoms with Crippen LogP contribution in [0.2, 0.25) is 0 Å². The second kappa shape index (κ2) is 25.6. The number of hydrogen-bond donors (Lipinski definition) is 9. The van der Waals surface area contributed by atoms with Gasteiger partial charge in [0.05, 0.1) is 43.1 Å². The van der Waals surface area contributed by atoms with Crippen molar-refractivity contribution in [3.8, 4) is 38.4 Å². The third-order valence-electron chi connectivity index (χ3n) is 15.8. The van der Waals surface area contributed by atoms with Gasteiger partial charge in [0.15, 0.2) is 18.1 Å². The number of rotatable bonds is 7. The Kier molecular flexibility index (Phi) is 17.7. The number of methoxy groups -OCH3 is 1. The number of benzene rings is 1. The topological polar surface area (TPSA) is 415 Å². The van der Waals surface area contributed by atoms with E-state index in [0.717, 1.165) is 56.7 Å². The molecule has 10 N–H and O–H groups in total. The van der Waals surface area contributed by atoms with E-state index in [4.69, 9.17) is 49.1 Å². The number of aliphatic hydroxyl groups excluding tert-OH is 1. The first kappa shape index (κ1) is 64.4. The maximum absolute atomic E-state index is 15.1. The molecular weight excluding hydrogens is 1310 g/mol. The summed E-state index contributed by atoms with van der Waals surface area (Å²) >= 11 is 4.62. The van der Waals surface area contributed by atoms with Gasteiger partial charge in [-0.2, -0.15) is 4.73 Å². The zero-order valence-electron chi connectivity index (χ0n) is 50.0. The van der Waals surface area contributed by atoms with Crippen molar-refractivity contribution in [3.05, 3.63) is 112 Å². The Hall–Kier alpha value is -8.75. The number of nitrogens with one attached hydrogen (secondary N) is 4. The molecule has 0 unspecified atom stereocenters. The largest absolute Gasteiger partial charge is 0.506 e. The van der Waals surface area contributed by atoms with E-state index < -0.39 is 133 Å². The van der Waals surface area contributed by atoms with Crippen molar-refractivity contribution in [2.45, 2.75) is 108 Å². The zero-order chi connectivity index (χ0) is 66.1. The lowest BCUT2D eigenvalue weighted by molar-refractivity contribution is -0.280. The Balaban J connectivity index is 1.05. The van der Waals surface area contributed by atoms with Gasteiger partial charge in [-0.25, -0.2) is 39.5 Å². The summed E-state index contributed by atoms with van der Waals surface area (Å²) < 4.78 is 38.2. The van der Waals surface area contributed by atoms with Crippen molar-refractivity contribution in [1.29, 1.82) is 0 Å². The number of nitrogens with two attached hydrogens (primary N) is 1. The minimum Gasteiger partial charge on any atom is -0.506 e. The Morgan fingerprint density at radius 1 is 0.839 bits per heavy atom. The number of likely N-dealkylation sites (N-methyl/N-ethyl adjacent to an activating group) is 1. The molecule has 12 bridgehead atoms. The monoisotopic (exact) mass is 1370 g/mol. The van der Waals surface area contributed by atoms with Crippen molar-refractivity contribution in [3.63, 3.8) is 0 Å². The Labute approximate surface area is 546 Å². The number of aliphatic hydroxyl groups is 2. The lowest BCUT2D eigenvalue weighted by atomic mass is 9.85. The van der Waals surface area contributed by atoms with Crippen molar-refractivity contribution in [2.24, 2.45) is 5.73 Å². The summed E-state index contributed by atoms with van der Waals surface area (Å²) in [5, 5.41) is 65.2. The molecule has 93 heavy (non-hydrogen) atoms. The minimum atomic E-state index is -1.90. The van der Waals surface area contributed by atoms with Gasteiger partial charge in [-0.05, 0) is 59.5 Å². The van der Waals surface area contributed by atoms with Crippen molar-refractivity contribution in [2.75, 3.05) is 27.8 Å². The second-order valence-electron chi connectivity index (χ2n) is 22.4. The number of carbonyl (C=O) groups is 7. The number of hydrogen-bond acceptors (Lipinski definition) is 29. The van der Waals surface area contributed by atoms with Crippen LogP contribution in [-0.4, -0.2) is 178 Å². The average molecular weight is 1370 g/mol. The second-order valence-corrected chi connectivity index (χ2v) is 26.7. The summed E-state index contributed by atoms with van der Waals surface area (Å²) in [6.07, 6.45) is -7.46. The molecule has 1 fully saturated rings. The lowest BCUT2D eigenvalue weighted by Gasteiger charge is -2.48. The molecule has 4 aliphatic heterocycles. The number of ether oxygens (including phenoxy) is 6. The number of fused-ring (bicyclic) bond motifs is 15. The van der Waals surface area contributed by atoms with Gasteiger partial charge in [-0.3, -0.25) is 24.0 Å². The van der Waals surface area contributed by atoms with E-state index in [0.29, 0.717) is 10.3 Å². The van der Waals surface area contributed by atoms with Crippen LogP contribution in [0.1, 0.15) is 125 Å². The Morgan fingerprint density at radius 3 is 2.22 bits per heavy atom. The number of esters is 2. The van der Waals surface area contributed by atoms with Crippen molar-refractivity contribution >= 4 is 115 Å². The first-order chi connectivity index (χ1) is 44.4. The van der Waals surface area contributed by atoms with E-state index in [2.05, 4.69) is 36.2 Å². The van der Waals surface area contributed by atoms with Gasteiger partial charge in [-0.1, -0.05) is 12.1 Å². The highest BCUT2D eigenvalue weighted by molar-refractivity contribution is 7.14. The molecule has 1 saturated heterocycles. The molecule has 8 aromatic rings. The van der Waals surface area contributed by atoms with Crippen LogP contribution < -0.4 is 27.0 Å². The van der Waals surface area contributed by atoms with Crippen molar-refractivity contribution in [1.82, 2.24) is 60.8 Å². The van der Waals surface area contributed by atoms with Gasteiger partial charge in [0.25, 0.3) is 23.6 Å². The molecule has 0 saturated carbocycles. The van der Waals surface area contributed by atoms with Gasteiger partial charge in [0, 0.05) is 49.8 Å². The molecule has 12 rings (SSSR count). The fourth-order valence-electron chi connectivity index (χ4n) is 11.5. The number of thiazole rings is 5. The zero-order valence-corrected chi connectivity index (χ0v) is 54.1. The van der Waals surface area contributed by atoms with Crippen LogP contribution in [0.25, 0.3) is 49.3 Å². The van der Waals surface area contributed by atoms with Crippen LogP contribution in [0, 0.1) is 0 Å². The van der Waals surface area contributed by atoms with Gasteiger partial charge in [-0.15, -0.1) is 56.7 Å². The molecule has 7 aromatic heterocycles. The molecule has 11 heterocycles. The molecule has 486 valence electrons. The smallest absolute Gasteiger partial charge is 0.358 e. The van der Waals surface area contributed by atoms with Crippen LogP contribution in [0.15, 0.2) is 56.9 Å². The number of nitrogens with zero attached hydrogens (tertiary/aromatic N) is 8. The molecule has 1 aromatic carbocycles. The number of aromatic hydroxyl groups is 1. The standard InChI is InChI=1S/C58H57N13O17S5/c1-21(72)37-50(78)68-38(22(2)83-7)53-64-32(20-92-53)49(77)69-41-43-44(88-35-12-58(4,81)45(70(5)6)23(3)87-35)57(80)85-13-24-9-8-10-33-36(24)26(14-84-43)42(71(33)82)56(79)86-15-27(60-47(75)30-19-93-55(41)65-30)52-61-28(16-90-52)39-25(51-63-31(18-89-51)48(76)67-37)11-34(73)40(66-39)54-62-29(17-91-54)46(59)74/h8-11,16-21,23,27,35,37,41,43-45,72-73,81-82H,12-15H2,1-7H3,(H2,59,74)(H,60,75)(H,67,76)(H,68,78)(H,69,77)/t21-,23+,27+,35+,37+,41+,43+,44+,45-,58+/m1/s1. The highest BCUT2D eigenvalue weighted by atomic mass is 32.1. The summed E-state index contributed by atoms with van der Waals surface area (Å²) in [5.74, 6) is -7.07. The first-order valence-corrected chi connectivity index (χ1v) is 32.8. The Bertz CT molecular complexity index is 4360. The normalized spacial score (nSPS) is 24.8. The predicted molar refractivity (Wildman–Crippen MR) is 333 cm³/mol. The molecule has 5 amide bonds. The van der Waals surface area contributed by atoms with Crippen LogP contribution >= 0.6 is 56.7 Å².